The largest absolute Gasteiger partial charge is 0.448 e. The van der Waals surface area contributed by atoms with Crippen LogP contribution in [-0.2, 0) is 9.53 Å². The third kappa shape index (κ3) is 3.14. The van der Waals surface area contributed by atoms with Gasteiger partial charge in [0.05, 0.1) is 36.5 Å². The molecule has 2 atom stereocenters. The van der Waals surface area contributed by atoms with Gasteiger partial charge in [0.25, 0.3) is 5.91 Å². The number of carbonyl (C=O) groups is 2. The Hall–Kier alpha value is -3.71. The maximum Gasteiger partial charge on any atom is 0.326 e. The molecule has 0 aliphatic carbocycles. The van der Waals surface area contributed by atoms with Crippen LogP contribution in [0.4, 0.5) is 20.3 Å². The average molecular weight is 430 g/mol. The molecule has 0 bridgehead atoms. The van der Waals surface area contributed by atoms with Crippen LogP contribution in [-0.4, -0.2) is 62.2 Å². The first kappa shape index (κ1) is 19.3. The van der Waals surface area contributed by atoms with Gasteiger partial charge in [-0.3, -0.25) is 14.6 Å². The minimum absolute atomic E-state index is 0.0154. The number of nitrogen functional groups attached to an aromatic ring is 1. The molecule has 5 rings (SSSR count). The first-order valence-corrected chi connectivity index (χ1v) is 9.31. The Morgan fingerprint density at radius 1 is 1.26 bits per heavy atom. The van der Waals surface area contributed by atoms with Gasteiger partial charge in [0.15, 0.2) is 17.3 Å². The second-order valence-corrected chi connectivity index (χ2v) is 7.13. The lowest BCUT2D eigenvalue weighted by Gasteiger charge is -2.35. The summed E-state index contributed by atoms with van der Waals surface area (Å²) in [7, 11) is 0. The second kappa shape index (κ2) is 7.21. The predicted octanol–water partition coefficient (Wildman–Crippen LogP) is 0.0662. The molecule has 11 nitrogen and oxygen atoms in total. The van der Waals surface area contributed by atoms with E-state index in [9.17, 15) is 18.4 Å². The number of piperazine rings is 1. The monoisotopic (exact) mass is 430 g/mol. The number of nitrogens with one attached hydrogen (secondary N) is 2. The molecule has 2 aliphatic rings. The van der Waals surface area contributed by atoms with E-state index >= 15 is 0 Å². The van der Waals surface area contributed by atoms with Crippen molar-refractivity contribution in [1.82, 2.24) is 29.8 Å². The normalized spacial score (nSPS) is 21.2. The number of carbonyl (C=O) groups excluding carboxylic acids is 2. The van der Waals surface area contributed by atoms with Crippen LogP contribution in [0.3, 0.4) is 0 Å². The van der Waals surface area contributed by atoms with Crippen LogP contribution in [0.2, 0.25) is 0 Å². The van der Waals surface area contributed by atoms with Gasteiger partial charge in [-0.05, 0) is 0 Å². The molecule has 160 valence electrons. The van der Waals surface area contributed by atoms with Crippen molar-refractivity contribution in [1.29, 1.82) is 0 Å². The number of aromatic nitrogens is 4. The standard InChI is InChI=1S/C18H16F2N8O3/c19-8-1-24-16-14(15(21)26-28(16)6-8)17(29)25-10-3-22-2-9(20)13(10)11-4-23-5-12-18(30)31-7-27(11)12/h1-3,6,11-12,23H,4-5,7H2,(H2,21,26)(H,25,29). The number of amides is 1. The fraction of sp³-hybridized carbons (Fsp3) is 0.278. The Morgan fingerprint density at radius 2 is 2.06 bits per heavy atom. The van der Waals surface area contributed by atoms with E-state index in [4.69, 9.17) is 10.5 Å². The molecule has 0 aromatic carbocycles. The van der Waals surface area contributed by atoms with Crippen molar-refractivity contribution in [2.45, 2.75) is 12.1 Å². The van der Waals surface area contributed by atoms with E-state index in [2.05, 4.69) is 25.7 Å². The molecule has 13 heteroatoms. The summed E-state index contributed by atoms with van der Waals surface area (Å²) >= 11 is 0. The number of hydrogen-bond donors (Lipinski definition) is 3. The number of nitrogens with two attached hydrogens (primary N) is 1. The number of nitrogens with zero attached hydrogens (tertiary/aromatic N) is 5. The topological polar surface area (TPSA) is 140 Å². The van der Waals surface area contributed by atoms with Crippen molar-refractivity contribution < 1.29 is 23.1 Å². The molecule has 3 aromatic rings. The highest BCUT2D eigenvalue weighted by molar-refractivity contribution is 6.11. The minimum Gasteiger partial charge on any atom is -0.448 e. The van der Waals surface area contributed by atoms with Gasteiger partial charge in [-0.1, -0.05) is 0 Å². The zero-order chi connectivity index (χ0) is 21.7. The van der Waals surface area contributed by atoms with Crippen molar-refractivity contribution in [2.24, 2.45) is 0 Å². The molecule has 31 heavy (non-hydrogen) atoms. The van der Waals surface area contributed by atoms with Gasteiger partial charge in [-0.25, -0.2) is 23.2 Å². The summed E-state index contributed by atoms with van der Waals surface area (Å²) in [5.74, 6) is -2.58. The van der Waals surface area contributed by atoms with Crippen LogP contribution in [0.25, 0.3) is 5.65 Å². The fourth-order valence-electron chi connectivity index (χ4n) is 3.92. The number of hydrogen-bond acceptors (Lipinski definition) is 9. The lowest BCUT2D eigenvalue weighted by molar-refractivity contribution is -0.139. The molecule has 0 radical (unpaired) electrons. The summed E-state index contributed by atoms with van der Waals surface area (Å²) in [6, 6.07) is -1.14. The second-order valence-electron chi connectivity index (χ2n) is 7.13. The number of pyridine rings is 1. The number of esters is 1. The van der Waals surface area contributed by atoms with Crippen molar-refractivity contribution in [2.75, 3.05) is 30.9 Å². The quantitative estimate of drug-likeness (QED) is 0.492. The van der Waals surface area contributed by atoms with Gasteiger partial charge in [-0.15, -0.1) is 5.10 Å². The molecule has 5 heterocycles. The van der Waals surface area contributed by atoms with Crippen LogP contribution >= 0.6 is 0 Å². The summed E-state index contributed by atoms with van der Waals surface area (Å²) in [5, 5.41) is 9.58. The van der Waals surface area contributed by atoms with Crippen LogP contribution in [0, 0.1) is 11.6 Å². The van der Waals surface area contributed by atoms with Crippen LogP contribution in [0.1, 0.15) is 22.0 Å². The lowest BCUT2D eigenvalue weighted by atomic mass is 10.00. The highest BCUT2D eigenvalue weighted by Gasteiger charge is 2.43. The van der Waals surface area contributed by atoms with E-state index in [1.807, 2.05) is 0 Å². The number of anilines is 2. The summed E-state index contributed by atoms with van der Waals surface area (Å²) < 4.78 is 34.4. The highest BCUT2D eigenvalue weighted by atomic mass is 19.1. The van der Waals surface area contributed by atoms with Gasteiger partial charge in [0.2, 0.25) is 0 Å². The molecule has 4 N–H and O–H groups in total. The highest BCUT2D eigenvalue weighted by Crippen LogP contribution is 2.35. The van der Waals surface area contributed by atoms with Gasteiger partial charge in [0.1, 0.15) is 24.2 Å². The van der Waals surface area contributed by atoms with Crippen LogP contribution < -0.4 is 16.4 Å². The van der Waals surface area contributed by atoms with E-state index in [0.717, 1.165) is 23.1 Å². The maximum atomic E-state index is 14.9. The lowest BCUT2D eigenvalue weighted by Crippen LogP contribution is -2.52. The van der Waals surface area contributed by atoms with Crippen molar-refractivity contribution in [3.63, 3.8) is 0 Å². The molecular weight excluding hydrogens is 414 g/mol. The van der Waals surface area contributed by atoms with Crippen molar-refractivity contribution in [3.8, 4) is 0 Å². The Kier molecular flexibility index (Phi) is 4.48. The Bertz CT molecular complexity index is 1220. The van der Waals surface area contributed by atoms with E-state index in [0.29, 0.717) is 13.1 Å². The van der Waals surface area contributed by atoms with Gasteiger partial charge >= 0.3 is 5.97 Å². The zero-order valence-corrected chi connectivity index (χ0v) is 15.9. The zero-order valence-electron chi connectivity index (χ0n) is 15.9. The van der Waals surface area contributed by atoms with Gasteiger partial charge in [-0.2, -0.15) is 0 Å². The third-order valence-corrected chi connectivity index (χ3v) is 5.32. The maximum absolute atomic E-state index is 14.9. The fourth-order valence-corrected chi connectivity index (χ4v) is 3.92. The number of halogens is 2. The SMILES string of the molecule is Nc1nn2cc(F)cnc2c1C(=O)Nc1cncc(F)c1C1CNCC2C(=O)OCN21. The number of cyclic esters (lactones) is 1. The first-order chi connectivity index (χ1) is 14.9. The van der Waals surface area contributed by atoms with Crippen molar-refractivity contribution >= 4 is 29.0 Å². The summed E-state index contributed by atoms with van der Waals surface area (Å²) in [5.41, 5.74) is 6.03. The smallest absolute Gasteiger partial charge is 0.326 e. The summed E-state index contributed by atoms with van der Waals surface area (Å²) in [6.45, 7) is 0.725. The predicted molar refractivity (Wildman–Crippen MR) is 102 cm³/mol. The molecule has 2 fully saturated rings. The molecule has 0 saturated carbocycles. The summed E-state index contributed by atoms with van der Waals surface area (Å²) in [6.07, 6.45) is 4.29. The van der Waals surface area contributed by atoms with E-state index in [-0.39, 0.29) is 35.0 Å². The number of ether oxygens (including phenoxy) is 1. The Morgan fingerprint density at radius 3 is 2.90 bits per heavy atom. The van der Waals surface area contributed by atoms with Gasteiger partial charge in [0, 0.05) is 18.7 Å². The molecule has 0 spiro atoms. The molecule has 2 aliphatic heterocycles. The first-order valence-electron chi connectivity index (χ1n) is 9.31. The van der Waals surface area contributed by atoms with E-state index < -0.39 is 35.6 Å². The van der Waals surface area contributed by atoms with Crippen LogP contribution in [0.15, 0.2) is 24.8 Å². The molecule has 2 saturated heterocycles. The van der Waals surface area contributed by atoms with Gasteiger partial charge < -0.3 is 21.1 Å². The molecule has 2 unspecified atom stereocenters. The Labute approximate surface area is 173 Å². The van der Waals surface area contributed by atoms with Crippen LogP contribution in [0.5, 0.6) is 0 Å². The molecular formula is C18H16F2N8O3. The minimum atomic E-state index is -0.714. The summed E-state index contributed by atoms with van der Waals surface area (Å²) in [4.78, 5) is 34.3. The third-order valence-electron chi connectivity index (χ3n) is 5.32. The van der Waals surface area contributed by atoms with E-state index in [1.165, 1.54) is 6.20 Å². The molecule has 3 aromatic heterocycles. The number of rotatable bonds is 3. The van der Waals surface area contributed by atoms with E-state index in [1.54, 1.807) is 4.90 Å². The number of fused-ring (bicyclic) bond motifs is 2. The molecule has 1 amide bonds. The average Bonchev–Trinajstić information content (AvgIpc) is 3.27. The van der Waals surface area contributed by atoms with Crippen molar-refractivity contribution in [3.05, 3.63) is 47.5 Å². The Balaban J connectivity index is 1.51.